The van der Waals surface area contributed by atoms with Crippen LogP contribution in [0.5, 0.6) is 5.75 Å². The summed E-state index contributed by atoms with van der Waals surface area (Å²) in [6.07, 6.45) is 9.30. The lowest BCUT2D eigenvalue weighted by Crippen LogP contribution is -2.16. The second kappa shape index (κ2) is 7.39. The maximum atomic E-state index is 12.4. The zero-order valence-electron chi connectivity index (χ0n) is 13.8. The zero-order chi connectivity index (χ0) is 18.5. The number of aromatic nitrogens is 4. The van der Waals surface area contributed by atoms with Crippen LogP contribution in [-0.2, 0) is 4.79 Å². The zero-order valence-corrected chi connectivity index (χ0v) is 13.8. The molecule has 0 saturated heterocycles. The summed E-state index contributed by atoms with van der Waals surface area (Å²) in [6, 6.07) is 6.50. The minimum Gasteiger partial charge on any atom is -0.410 e. The van der Waals surface area contributed by atoms with Crippen LogP contribution in [0.2, 0.25) is 0 Å². The average molecular weight is 350 g/mol. The third-order valence-electron chi connectivity index (χ3n) is 3.44. The molecule has 0 aliphatic heterocycles. The van der Waals surface area contributed by atoms with Crippen molar-refractivity contribution in [2.45, 2.75) is 6.92 Å². The average Bonchev–Trinajstić information content (AvgIpc) is 3.32. The van der Waals surface area contributed by atoms with E-state index in [4.69, 9.17) is 4.74 Å². The van der Waals surface area contributed by atoms with Gasteiger partial charge in [0.25, 0.3) is 5.91 Å². The number of imidazole rings is 2. The molecule has 8 nitrogen and oxygen atoms in total. The first-order valence-electron chi connectivity index (χ1n) is 7.60. The van der Waals surface area contributed by atoms with Gasteiger partial charge in [-0.15, -0.1) is 0 Å². The predicted molar refractivity (Wildman–Crippen MR) is 91.6 cm³/mol. The molecule has 0 spiro atoms. The molecule has 0 aliphatic carbocycles. The number of Topliss-reactive ketones (excluding diaryl/α,β-unsaturated/α-hetero) is 1. The van der Waals surface area contributed by atoms with Gasteiger partial charge in [0.15, 0.2) is 5.78 Å². The summed E-state index contributed by atoms with van der Waals surface area (Å²) in [5, 5.41) is 0. The molecule has 2 aromatic heterocycles. The molecule has 0 fully saturated rings. The second-order valence-corrected chi connectivity index (χ2v) is 5.30. The van der Waals surface area contributed by atoms with Gasteiger partial charge < -0.3 is 4.74 Å². The summed E-state index contributed by atoms with van der Waals surface area (Å²) in [4.78, 5) is 43.8. The maximum absolute atomic E-state index is 12.4. The number of ketones is 1. The van der Waals surface area contributed by atoms with Gasteiger partial charge in [-0.1, -0.05) is 12.1 Å². The van der Waals surface area contributed by atoms with Crippen LogP contribution in [0.4, 0.5) is 4.79 Å². The molecule has 1 aromatic carbocycles. The summed E-state index contributed by atoms with van der Waals surface area (Å²) in [5.74, 6) is -0.601. The highest BCUT2D eigenvalue weighted by Crippen LogP contribution is 2.18. The van der Waals surface area contributed by atoms with Crippen molar-refractivity contribution < 1.29 is 19.1 Å². The molecule has 0 N–H and O–H groups in total. The van der Waals surface area contributed by atoms with E-state index in [1.54, 1.807) is 24.3 Å². The molecular formula is C18H14N4O4. The Bertz CT molecular complexity index is 973. The molecule has 0 saturated carbocycles. The van der Waals surface area contributed by atoms with Crippen LogP contribution < -0.4 is 4.74 Å². The van der Waals surface area contributed by atoms with Crippen LogP contribution in [0.3, 0.4) is 0 Å². The summed E-state index contributed by atoms with van der Waals surface area (Å²) >= 11 is 0. The molecule has 26 heavy (non-hydrogen) atoms. The van der Waals surface area contributed by atoms with E-state index in [9.17, 15) is 14.4 Å². The number of benzene rings is 1. The van der Waals surface area contributed by atoms with Gasteiger partial charge in [0.1, 0.15) is 18.4 Å². The summed E-state index contributed by atoms with van der Waals surface area (Å²) in [7, 11) is 0. The smallest absolute Gasteiger partial charge is 0.410 e. The molecule has 0 radical (unpaired) electrons. The van der Waals surface area contributed by atoms with Crippen LogP contribution in [0, 0.1) is 0 Å². The Labute approximate surface area is 148 Å². The van der Waals surface area contributed by atoms with Crippen LogP contribution in [0.15, 0.2) is 67.3 Å². The summed E-state index contributed by atoms with van der Waals surface area (Å²) in [5.41, 5.74) is 0.528. The topological polar surface area (TPSA) is 96.1 Å². The summed E-state index contributed by atoms with van der Waals surface area (Å²) < 4.78 is 7.65. The Balaban J connectivity index is 1.86. The fourth-order valence-corrected chi connectivity index (χ4v) is 2.19. The lowest BCUT2D eigenvalue weighted by atomic mass is 10.1. The molecule has 0 aliphatic rings. The molecule has 3 aromatic rings. The third-order valence-corrected chi connectivity index (χ3v) is 3.44. The highest BCUT2D eigenvalue weighted by molar-refractivity contribution is 6.22. The lowest BCUT2D eigenvalue weighted by Gasteiger charge is -2.06. The fourth-order valence-electron chi connectivity index (χ4n) is 2.19. The maximum Gasteiger partial charge on any atom is 0.424 e. The Morgan fingerprint density at radius 1 is 1.04 bits per heavy atom. The number of ether oxygens (including phenoxy) is 1. The van der Waals surface area contributed by atoms with E-state index < -0.39 is 12.0 Å². The Kier molecular flexibility index (Phi) is 4.84. The van der Waals surface area contributed by atoms with Gasteiger partial charge in [-0.3, -0.25) is 14.2 Å². The van der Waals surface area contributed by atoms with Gasteiger partial charge in [0, 0.05) is 24.8 Å². The molecule has 0 bridgehead atoms. The number of carbonyl (C=O) groups is 3. The standard InChI is InChI=1S/C18H14N4O4/c1-13(23)16(17(24)21-7-5-19-11-21)10-14-3-2-4-15(9-14)26-18(25)22-8-6-20-12-22/h2-12H,1H3/b16-10+. The van der Waals surface area contributed by atoms with E-state index in [0.29, 0.717) is 5.56 Å². The van der Waals surface area contributed by atoms with Gasteiger partial charge in [-0.25, -0.2) is 19.3 Å². The minimum atomic E-state index is -0.620. The van der Waals surface area contributed by atoms with Crippen molar-refractivity contribution in [1.29, 1.82) is 0 Å². The van der Waals surface area contributed by atoms with Gasteiger partial charge in [0.05, 0.1) is 5.57 Å². The van der Waals surface area contributed by atoms with E-state index in [0.717, 1.165) is 0 Å². The van der Waals surface area contributed by atoms with E-state index in [1.165, 1.54) is 59.6 Å². The van der Waals surface area contributed by atoms with Crippen molar-refractivity contribution in [3.05, 3.63) is 72.8 Å². The van der Waals surface area contributed by atoms with Gasteiger partial charge >= 0.3 is 6.09 Å². The largest absolute Gasteiger partial charge is 0.424 e. The minimum absolute atomic E-state index is 0.0129. The number of hydrogen-bond acceptors (Lipinski definition) is 6. The number of rotatable bonds is 4. The quantitative estimate of drug-likeness (QED) is 0.407. The number of carbonyl (C=O) groups excluding carboxylic acids is 3. The van der Waals surface area contributed by atoms with Crippen molar-refractivity contribution in [1.82, 2.24) is 19.1 Å². The summed E-state index contributed by atoms with van der Waals surface area (Å²) in [6.45, 7) is 1.31. The molecule has 0 unspecified atom stereocenters. The third kappa shape index (κ3) is 3.81. The predicted octanol–water partition coefficient (Wildman–Crippen LogP) is 2.44. The first-order valence-corrected chi connectivity index (χ1v) is 7.60. The highest BCUT2D eigenvalue weighted by Gasteiger charge is 2.16. The van der Waals surface area contributed by atoms with E-state index in [-0.39, 0.29) is 17.1 Å². The van der Waals surface area contributed by atoms with Crippen LogP contribution in [0.25, 0.3) is 6.08 Å². The Hall–Kier alpha value is -3.81. The Morgan fingerprint density at radius 2 is 1.73 bits per heavy atom. The number of hydrogen-bond donors (Lipinski definition) is 0. The monoisotopic (exact) mass is 350 g/mol. The molecule has 0 atom stereocenters. The van der Waals surface area contributed by atoms with E-state index in [2.05, 4.69) is 9.97 Å². The molecule has 8 heteroatoms. The molecular weight excluding hydrogens is 336 g/mol. The molecule has 0 amide bonds. The van der Waals surface area contributed by atoms with Crippen molar-refractivity contribution in [2.75, 3.05) is 0 Å². The van der Waals surface area contributed by atoms with Crippen LogP contribution in [0.1, 0.15) is 17.3 Å². The molecule has 3 rings (SSSR count). The Morgan fingerprint density at radius 3 is 2.35 bits per heavy atom. The molecule has 2 heterocycles. The normalized spacial score (nSPS) is 11.2. The van der Waals surface area contributed by atoms with Crippen molar-refractivity contribution in [2.24, 2.45) is 0 Å². The van der Waals surface area contributed by atoms with Gasteiger partial charge in [-0.05, 0) is 30.7 Å². The first kappa shape index (κ1) is 17.0. The fraction of sp³-hybridized carbons (Fsp3) is 0.0556. The molecule has 130 valence electrons. The van der Waals surface area contributed by atoms with Crippen molar-refractivity contribution in [3.63, 3.8) is 0 Å². The van der Waals surface area contributed by atoms with Crippen LogP contribution in [-0.4, -0.2) is 36.9 Å². The van der Waals surface area contributed by atoms with E-state index in [1.807, 2.05) is 0 Å². The van der Waals surface area contributed by atoms with Crippen molar-refractivity contribution in [3.8, 4) is 5.75 Å². The first-order chi connectivity index (χ1) is 12.5. The lowest BCUT2D eigenvalue weighted by molar-refractivity contribution is -0.113. The van der Waals surface area contributed by atoms with Gasteiger partial charge in [-0.2, -0.15) is 0 Å². The van der Waals surface area contributed by atoms with E-state index >= 15 is 0 Å². The SMILES string of the molecule is CC(=O)/C(=C\c1cccc(OC(=O)n2ccnc2)c1)C(=O)n1ccnc1. The van der Waals surface area contributed by atoms with Gasteiger partial charge in [0.2, 0.25) is 0 Å². The number of allylic oxidation sites excluding steroid dienone is 1. The second-order valence-electron chi connectivity index (χ2n) is 5.30. The van der Waals surface area contributed by atoms with Crippen LogP contribution >= 0.6 is 0 Å². The van der Waals surface area contributed by atoms with Crippen molar-refractivity contribution >= 4 is 23.9 Å². The number of nitrogens with zero attached hydrogens (tertiary/aromatic N) is 4. The highest BCUT2D eigenvalue weighted by atomic mass is 16.6.